The second-order valence-corrected chi connectivity index (χ2v) is 7.94. The lowest BCUT2D eigenvalue weighted by atomic mass is 9.71. The molecule has 2 atom stereocenters. The van der Waals surface area contributed by atoms with E-state index in [0.717, 1.165) is 37.1 Å². The van der Waals surface area contributed by atoms with E-state index >= 15 is 0 Å². The number of amides is 2. The maximum absolute atomic E-state index is 13.3. The van der Waals surface area contributed by atoms with Crippen LogP contribution < -0.4 is 10.2 Å². The number of hydrogen-bond acceptors (Lipinski definition) is 5. The lowest BCUT2D eigenvalue weighted by Crippen LogP contribution is -2.46. The van der Waals surface area contributed by atoms with Gasteiger partial charge in [-0.25, -0.2) is 9.97 Å². The molecule has 3 heterocycles. The number of hydrogen-bond donors (Lipinski definition) is 1. The van der Waals surface area contributed by atoms with E-state index < -0.39 is 5.41 Å². The molecule has 1 spiro atoms. The van der Waals surface area contributed by atoms with Crippen molar-refractivity contribution >= 4 is 17.6 Å². The quantitative estimate of drug-likeness (QED) is 0.886. The molecule has 7 heteroatoms. The predicted octanol–water partition coefficient (Wildman–Crippen LogP) is 2.58. The molecule has 2 amide bonds. The Morgan fingerprint density at radius 2 is 2.04 bits per heavy atom. The highest BCUT2D eigenvalue weighted by Gasteiger charge is 2.50. The zero-order valence-corrected chi connectivity index (χ0v) is 16.3. The first-order chi connectivity index (χ1) is 13.5. The summed E-state index contributed by atoms with van der Waals surface area (Å²) < 4.78 is 0. The molecule has 1 saturated carbocycles. The lowest BCUT2D eigenvalue weighted by Gasteiger charge is -2.36. The van der Waals surface area contributed by atoms with Gasteiger partial charge in [0.2, 0.25) is 5.91 Å². The van der Waals surface area contributed by atoms with Crippen LogP contribution in [0.5, 0.6) is 0 Å². The molecule has 28 heavy (non-hydrogen) atoms. The Balaban J connectivity index is 1.47. The van der Waals surface area contributed by atoms with E-state index in [4.69, 9.17) is 0 Å². The van der Waals surface area contributed by atoms with E-state index in [9.17, 15) is 9.59 Å². The Bertz CT molecular complexity index is 915. The van der Waals surface area contributed by atoms with Gasteiger partial charge in [-0.3, -0.25) is 19.5 Å². The maximum Gasteiger partial charge on any atom is 0.270 e. The van der Waals surface area contributed by atoms with Gasteiger partial charge in [0, 0.05) is 24.5 Å². The molecule has 2 aromatic heterocycles. The smallest absolute Gasteiger partial charge is 0.270 e. The molecule has 0 aromatic carbocycles. The number of nitrogens with zero attached hydrogens (tertiary/aromatic N) is 4. The summed E-state index contributed by atoms with van der Waals surface area (Å²) >= 11 is 0. The molecule has 4 rings (SSSR count). The van der Waals surface area contributed by atoms with Crippen LogP contribution >= 0.6 is 0 Å². The van der Waals surface area contributed by atoms with E-state index in [2.05, 4.69) is 20.3 Å². The van der Waals surface area contributed by atoms with E-state index in [1.165, 1.54) is 0 Å². The van der Waals surface area contributed by atoms with Crippen molar-refractivity contribution in [2.45, 2.75) is 52.0 Å². The molecular weight excluding hydrogens is 354 g/mol. The third-order valence-corrected chi connectivity index (χ3v) is 5.83. The van der Waals surface area contributed by atoms with Crippen molar-refractivity contribution in [3.63, 3.8) is 0 Å². The van der Waals surface area contributed by atoms with Gasteiger partial charge in [-0.15, -0.1) is 0 Å². The highest BCUT2D eigenvalue weighted by Crippen LogP contribution is 2.45. The first-order valence-corrected chi connectivity index (χ1v) is 9.82. The summed E-state index contributed by atoms with van der Waals surface area (Å²) in [5.74, 6) is 0.564. The second-order valence-electron chi connectivity index (χ2n) is 7.94. The van der Waals surface area contributed by atoms with Gasteiger partial charge in [-0.1, -0.05) is 12.5 Å². The van der Waals surface area contributed by atoms with Crippen LogP contribution in [0.2, 0.25) is 0 Å². The molecule has 7 nitrogen and oxygen atoms in total. The molecular formula is C21H25N5O2. The molecule has 1 aliphatic carbocycles. The van der Waals surface area contributed by atoms with E-state index in [1.54, 1.807) is 23.4 Å². The predicted molar refractivity (Wildman–Crippen MR) is 105 cm³/mol. The van der Waals surface area contributed by atoms with Crippen LogP contribution in [0, 0.1) is 19.3 Å². The van der Waals surface area contributed by atoms with Crippen LogP contribution in [0.15, 0.2) is 30.6 Å². The highest BCUT2D eigenvalue weighted by atomic mass is 16.2. The molecule has 2 aliphatic rings. The van der Waals surface area contributed by atoms with Gasteiger partial charge in [-0.2, -0.15) is 0 Å². The number of pyridine rings is 1. The topological polar surface area (TPSA) is 88.1 Å². The molecule has 1 saturated heterocycles. The Morgan fingerprint density at radius 1 is 1.18 bits per heavy atom. The van der Waals surface area contributed by atoms with Crippen LogP contribution in [0.25, 0.3) is 0 Å². The summed E-state index contributed by atoms with van der Waals surface area (Å²) in [7, 11) is 0. The minimum Gasteiger partial charge on any atom is -0.348 e. The Labute approximate surface area is 164 Å². The van der Waals surface area contributed by atoms with Crippen molar-refractivity contribution in [3.05, 3.63) is 47.7 Å². The summed E-state index contributed by atoms with van der Waals surface area (Å²) in [6.07, 6.45) is 7.45. The molecule has 0 bridgehead atoms. The molecule has 2 aromatic rings. The van der Waals surface area contributed by atoms with Crippen molar-refractivity contribution in [2.75, 3.05) is 11.4 Å². The average Bonchev–Trinajstić information content (AvgIpc) is 2.97. The van der Waals surface area contributed by atoms with Gasteiger partial charge in [-0.05, 0) is 51.7 Å². The van der Waals surface area contributed by atoms with Crippen molar-refractivity contribution in [2.24, 2.45) is 5.41 Å². The fourth-order valence-electron chi connectivity index (χ4n) is 4.46. The molecule has 1 aliphatic heterocycles. The summed E-state index contributed by atoms with van der Waals surface area (Å²) in [5, 5.41) is 3.10. The minimum absolute atomic E-state index is 0.0175. The second kappa shape index (κ2) is 7.30. The van der Waals surface area contributed by atoms with Crippen LogP contribution in [0.3, 0.4) is 0 Å². The van der Waals surface area contributed by atoms with Crippen molar-refractivity contribution in [1.29, 1.82) is 0 Å². The molecule has 2 fully saturated rings. The Hall–Kier alpha value is -2.83. The number of rotatable bonds is 3. The van der Waals surface area contributed by atoms with Gasteiger partial charge in [0.05, 0.1) is 17.3 Å². The van der Waals surface area contributed by atoms with E-state index in [-0.39, 0.29) is 17.9 Å². The van der Waals surface area contributed by atoms with Gasteiger partial charge >= 0.3 is 0 Å². The van der Waals surface area contributed by atoms with Crippen molar-refractivity contribution in [3.8, 4) is 0 Å². The van der Waals surface area contributed by atoms with Crippen LogP contribution in [0.4, 0.5) is 5.82 Å². The first kappa shape index (κ1) is 18.5. The number of carbonyl (C=O) groups is 2. The fraction of sp³-hybridized carbons (Fsp3) is 0.476. The van der Waals surface area contributed by atoms with Gasteiger partial charge in [0.1, 0.15) is 5.69 Å². The van der Waals surface area contributed by atoms with Crippen LogP contribution in [-0.2, 0) is 4.79 Å². The monoisotopic (exact) mass is 379 g/mol. The third-order valence-electron chi connectivity index (χ3n) is 5.83. The largest absolute Gasteiger partial charge is 0.348 e. The standard InChI is InChI=1S/C21H25N5O2/c1-14-5-3-7-17(23-14)19(27)25-16-6-4-8-21(11-16)9-10-26(20(21)28)18-13-22-12-15(2)24-18/h3,5,7,12-13,16H,4,6,8-11H2,1-2H3,(H,25,27)/t16-,21+/m1/s1. The van der Waals surface area contributed by atoms with E-state index in [1.807, 2.05) is 26.0 Å². The SMILES string of the molecule is Cc1cccc(C(=O)N[C@@H]2CCC[C@]3(CCN(c4cncc(C)n4)C3=O)C2)n1. The van der Waals surface area contributed by atoms with Crippen molar-refractivity contribution in [1.82, 2.24) is 20.3 Å². The minimum atomic E-state index is -0.415. The zero-order valence-electron chi connectivity index (χ0n) is 16.3. The highest BCUT2D eigenvalue weighted by molar-refractivity contribution is 5.99. The molecule has 146 valence electrons. The number of nitrogens with one attached hydrogen (secondary N) is 1. The lowest BCUT2D eigenvalue weighted by molar-refractivity contribution is -0.127. The summed E-state index contributed by atoms with van der Waals surface area (Å²) in [6.45, 7) is 4.39. The molecule has 1 N–H and O–H groups in total. The molecule has 0 unspecified atom stereocenters. The number of aromatic nitrogens is 3. The van der Waals surface area contributed by atoms with Crippen LogP contribution in [-0.4, -0.2) is 39.4 Å². The van der Waals surface area contributed by atoms with Gasteiger partial charge in [0.15, 0.2) is 5.82 Å². The van der Waals surface area contributed by atoms with E-state index in [0.29, 0.717) is 24.5 Å². The number of carbonyl (C=O) groups excluding carboxylic acids is 2. The third kappa shape index (κ3) is 3.48. The van der Waals surface area contributed by atoms with Gasteiger partial charge < -0.3 is 5.32 Å². The summed E-state index contributed by atoms with van der Waals surface area (Å²) in [6, 6.07) is 5.41. The summed E-state index contributed by atoms with van der Waals surface area (Å²) in [4.78, 5) is 40.6. The zero-order chi connectivity index (χ0) is 19.7. The average molecular weight is 379 g/mol. The Kier molecular flexibility index (Phi) is 4.83. The Morgan fingerprint density at radius 3 is 2.82 bits per heavy atom. The first-order valence-electron chi connectivity index (χ1n) is 9.82. The number of aryl methyl sites for hydroxylation is 2. The summed E-state index contributed by atoms with van der Waals surface area (Å²) in [5.41, 5.74) is 1.62. The normalized spacial score (nSPS) is 24.6. The fourth-order valence-corrected chi connectivity index (χ4v) is 4.46. The number of anilines is 1. The van der Waals surface area contributed by atoms with Gasteiger partial charge in [0.25, 0.3) is 5.91 Å². The van der Waals surface area contributed by atoms with Crippen LogP contribution in [0.1, 0.15) is 54.0 Å². The maximum atomic E-state index is 13.3. The molecule has 0 radical (unpaired) electrons. The van der Waals surface area contributed by atoms with Crippen molar-refractivity contribution < 1.29 is 9.59 Å².